The van der Waals surface area contributed by atoms with Crippen LogP contribution in [0.1, 0.15) is 57.3 Å². The van der Waals surface area contributed by atoms with Gasteiger partial charge in [-0.3, -0.25) is 0 Å². The van der Waals surface area contributed by atoms with Gasteiger partial charge in [0.15, 0.2) is 4.67 Å². The molecule has 1 aliphatic heterocycles. The lowest BCUT2D eigenvalue weighted by Gasteiger charge is -2.48. The van der Waals surface area contributed by atoms with Crippen molar-refractivity contribution in [2.45, 2.75) is 57.1 Å². The molecule has 1 saturated carbocycles. The molecule has 1 N–H and O–H groups in total. The second kappa shape index (κ2) is 6.20. The fourth-order valence-electron chi connectivity index (χ4n) is 3.56. The van der Waals surface area contributed by atoms with Gasteiger partial charge in [-0.1, -0.05) is 6.92 Å². The van der Waals surface area contributed by atoms with Crippen molar-refractivity contribution in [2.24, 2.45) is 5.92 Å². The smallest absolute Gasteiger partial charge is 0.169 e. The minimum absolute atomic E-state index is 0.193. The number of ether oxygens (including phenoxy) is 1. The van der Waals surface area contributed by atoms with Gasteiger partial charge in [0, 0.05) is 6.61 Å². The van der Waals surface area contributed by atoms with Gasteiger partial charge in [-0.15, -0.1) is 0 Å². The molecule has 1 aromatic rings. The molecule has 0 radical (unpaired) electrons. The average Bonchev–Trinajstić information content (AvgIpc) is 2.84. The zero-order valence-electron chi connectivity index (χ0n) is 12.2. The monoisotopic (exact) mass is 341 g/mol. The summed E-state index contributed by atoms with van der Waals surface area (Å²) in [6.45, 7) is 4.14. The molecule has 1 saturated heterocycles. The maximum Gasteiger partial charge on any atom is 0.169 e. The van der Waals surface area contributed by atoms with E-state index in [-0.39, 0.29) is 5.60 Å². The highest BCUT2D eigenvalue weighted by Crippen LogP contribution is 2.47. The molecule has 112 valence electrons. The number of hydrogen-bond acceptors (Lipinski definition) is 3. The Labute approximate surface area is 129 Å². The zero-order chi connectivity index (χ0) is 14.0. The molecular formula is C16H24BrNO2. The summed E-state index contributed by atoms with van der Waals surface area (Å²) in [5, 5.41) is 3.68. The van der Waals surface area contributed by atoms with E-state index in [0.717, 1.165) is 36.4 Å². The highest BCUT2D eigenvalue weighted by atomic mass is 79.9. The highest BCUT2D eigenvalue weighted by molar-refractivity contribution is 9.10. The molecule has 1 aliphatic carbocycles. The number of hydrogen-bond donors (Lipinski definition) is 1. The highest BCUT2D eigenvalue weighted by Gasteiger charge is 2.44. The van der Waals surface area contributed by atoms with Gasteiger partial charge >= 0.3 is 0 Å². The Bertz CT molecular complexity index is 441. The van der Waals surface area contributed by atoms with E-state index >= 15 is 0 Å². The van der Waals surface area contributed by atoms with Crippen LogP contribution in [0, 0.1) is 5.92 Å². The van der Waals surface area contributed by atoms with Crippen molar-refractivity contribution < 1.29 is 9.15 Å². The van der Waals surface area contributed by atoms with Crippen LogP contribution in [-0.2, 0) is 4.74 Å². The molecule has 2 heterocycles. The number of nitrogens with one attached hydrogen (secondary N) is 1. The minimum atomic E-state index is 0.193. The number of furan rings is 1. The van der Waals surface area contributed by atoms with Crippen molar-refractivity contribution in [1.29, 1.82) is 0 Å². The van der Waals surface area contributed by atoms with Crippen molar-refractivity contribution in [3.8, 4) is 0 Å². The van der Waals surface area contributed by atoms with Crippen LogP contribution in [-0.4, -0.2) is 18.8 Å². The van der Waals surface area contributed by atoms with Gasteiger partial charge < -0.3 is 14.5 Å². The lowest BCUT2D eigenvalue weighted by molar-refractivity contribution is -0.148. The summed E-state index contributed by atoms with van der Waals surface area (Å²) in [6, 6.07) is 4.41. The third-order valence-corrected chi connectivity index (χ3v) is 5.21. The van der Waals surface area contributed by atoms with Gasteiger partial charge in [-0.2, -0.15) is 0 Å². The first-order valence-electron chi connectivity index (χ1n) is 7.85. The fraction of sp³-hybridized carbons (Fsp3) is 0.750. The lowest BCUT2D eigenvalue weighted by Crippen LogP contribution is -2.48. The Morgan fingerprint density at radius 2 is 2.30 bits per heavy atom. The lowest BCUT2D eigenvalue weighted by atomic mass is 9.70. The zero-order valence-corrected chi connectivity index (χ0v) is 13.7. The first-order valence-corrected chi connectivity index (χ1v) is 8.64. The Kier molecular flexibility index (Phi) is 4.53. The van der Waals surface area contributed by atoms with Crippen molar-refractivity contribution in [2.75, 3.05) is 13.2 Å². The molecule has 2 unspecified atom stereocenters. The average molecular weight is 342 g/mol. The molecule has 0 bridgehead atoms. The van der Waals surface area contributed by atoms with Gasteiger partial charge in [0.2, 0.25) is 0 Å². The van der Waals surface area contributed by atoms with Crippen molar-refractivity contribution in [3.05, 3.63) is 22.6 Å². The summed E-state index contributed by atoms with van der Waals surface area (Å²) in [5.74, 6) is 1.68. The first kappa shape index (κ1) is 14.6. The molecule has 1 spiro atoms. The third kappa shape index (κ3) is 2.97. The van der Waals surface area contributed by atoms with E-state index in [9.17, 15) is 0 Å². The summed E-state index contributed by atoms with van der Waals surface area (Å²) in [4.78, 5) is 0. The molecule has 20 heavy (non-hydrogen) atoms. The molecule has 2 fully saturated rings. The SMILES string of the molecule is CCCNC(c1ccc(Br)o1)C1CCOC2(CCC2)C1. The van der Waals surface area contributed by atoms with Crippen LogP contribution in [0.4, 0.5) is 0 Å². The topological polar surface area (TPSA) is 34.4 Å². The van der Waals surface area contributed by atoms with E-state index in [1.807, 2.05) is 6.07 Å². The molecular weight excluding hydrogens is 318 g/mol. The van der Waals surface area contributed by atoms with Crippen molar-refractivity contribution in [3.63, 3.8) is 0 Å². The molecule has 1 aromatic heterocycles. The molecule has 3 nitrogen and oxygen atoms in total. The molecule has 0 amide bonds. The van der Waals surface area contributed by atoms with Gasteiger partial charge in [0.05, 0.1) is 11.6 Å². The van der Waals surface area contributed by atoms with Crippen LogP contribution in [0.2, 0.25) is 0 Å². The molecule has 4 heteroatoms. The Hall–Kier alpha value is -0.320. The summed E-state index contributed by atoms with van der Waals surface area (Å²) >= 11 is 3.42. The van der Waals surface area contributed by atoms with Crippen LogP contribution in [0.25, 0.3) is 0 Å². The summed E-state index contributed by atoms with van der Waals surface area (Å²) < 4.78 is 12.7. The van der Waals surface area contributed by atoms with Gasteiger partial charge in [0.25, 0.3) is 0 Å². The summed E-state index contributed by atoms with van der Waals surface area (Å²) in [5.41, 5.74) is 0.193. The van der Waals surface area contributed by atoms with Crippen LogP contribution in [0.5, 0.6) is 0 Å². The second-order valence-electron chi connectivity index (χ2n) is 6.21. The molecule has 2 atom stereocenters. The largest absolute Gasteiger partial charge is 0.453 e. The number of halogens is 1. The van der Waals surface area contributed by atoms with Gasteiger partial charge in [0.1, 0.15) is 5.76 Å². The predicted octanol–water partition coefficient (Wildman–Crippen LogP) is 4.43. The summed E-state index contributed by atoms with van der Waals surface area (Å²) in [6.07, 6.45) is 7.25. The third-order valence-electron chi connectivity index (χ3n) is 4.78. The first-order chi connectivity index (χ1) is 9.72. The van der Waals surface area contributed by atoms with E-state index in [1.165, 1.54) is 25.7 Å². The minimum Gasteiger partial charge on any atom is -0.453 e. The predicted molar refractivity (Wildman–Crippen MR) is 82.7 cm³/mol. The Morgan fingerprint density at radius 1 is 1.45 bits per heavy atom. The quantitative estimate of drug-likeness (QED) is 0.859. The van der Waals surface area contributed by atoms with Crippen LogP contribution in [0.15, 0.2) is 21.2 Å². The van der Waals surface area contributed by atoms with E-state index in [1.54, 1.807) is 0 Å². The number of rotatable bonds is 5. The van der Waals surface area contributed by atoms with Crippen LogP contribution >= 0.6 is 15.9 Å². The van der Waals surface area contributed by atoms with E-state index < -0.39 is 0 Å². The Morgan fingerprint density at radius 3 is 2.90 bits per heavy atom. The van der Waals surface area contributed by atoms with Gasteiger partial charge in [-0.25, -0.2) is 0 Å². The standard InChI is InChI=1S/C16H24BrNO2/c1-2-9-18-15(13-4-5-14(17)20-13)12-6-10-19-16(11-12)7-3-8-16/h4-5,12,15,18H,2-3,6-11H2,1H3. The van der Waals surface area contributed by atoms with E-state index in [2.05, 4.69) is 34.2 Å². The van der Waals surface area contributed by atoms with Crippen LogP contribution < -0.4 is 5.32 Å². The fourth-order valence-corrected chi connectivity index (χ4v) is 3.88. The van der Waals surface area contributed by atoms with Crippen LogP contribution in [0.3, 0.4) is 0 Å². The molecule has 0 aromatic carbocycles. The van der Waals surface area contributed by atoms with Crippen molar-refractivity contribution >= 4 is 15.9 Å². The Balaban J connectivity index is 1.74. The van der Waals surface area contributed by atoms with Crippen molar-refractivity contribution in [1.82, 2.24) is 5.32 Å². The van der Waals surface area contributed by atoms with Gasteiger partial charge in [-0.05, 0) is 79.1 Å². The summed E-state index contributed by atoms with van der Waals surface area (Å²) in [7, 11) is 0. The maximum absolute atomic E-state index is 6.06. The van der Waals surface area contributed by atoms with E-state index in [0.29, 0.717) is 12.0 Å². The maximum atomic E-state index is 6.06. The normalized spacial score (nSPS) is 26.4. The van der Waals surface area contributed by atoms with E-state index in [4.69, 9.17) is 9.15 Å². The molecule has 2 aliphatic rings. The second-order valence-corrected chi connectivity index (χ2v) is 6.99. The molecule has 3 rings (SSSR count).